The first kappa shape index (κ1) is 32.6. The number of alkyl halides is 3. The van der Waals surface area contributed by atoms with Gasteiger partial charge in [-0.2, -0.15) is 13.2 Å². The number of benzene rings is 2. The van der Waals surface area contributed by atoms with Gasteiger partial charge in [0.05, 0.1) is 6.04 Å². The molecule has 8 nitrogen and oxygen atoms in total. The van der Waals surface area contributed by atoms with E-state index in [4.69, 9.17) is 16.3 Å². The van der Waals surface area contributed by atoms with Crippen LogP contribution in [0.25, 0.3) is 6.08 Å². The van der Waals surface area contributed by atoms with Crippen molar-refractivity contribution in [2.24, 2.45) is 0 Å². The van der Waals surface area contributed by atoms with E-state index in [-0.39, 0.29) is 28.1 Å². The van der Waals surface area contributed by atoms with Crippen LogP contribution in [-0.4, -0.2) is 70.6 Å². The number of hydrogen-bond donors (Lipinski definition) is 1. The van der Waals surface area contributed by atoms with Gasteiger partial charge in [-0.25, -0.2) is 9.18 Å². The minimum Gasteiger partial charge on any atom is -0.443 e. The third-order valence-electron chi connectivity index (χ3n) is 5.96. The van der Waals surface area contributed by atoms with E-state index < -0.39 is 29.7 Å². The van der Waals surface area contributed by atoms with E-state index in [0.717, 1.165) is 17.7 Å². The fourth-order valence-electron chi connectivity index (χ4n) is 3.86. The van der Waals surface area contributed by atoms with Gasteiger partial charge in [0.2, 0.25) is 0 Å². The Kier molecular flexibility index (Phi) is 10.4. The fourth-order valence-corrected chi connectivity index (χ4v) is 4.03. The van der Waals surface area contributed by atoms with Crippen molar-refractivity contribution in [3.63, 3.8) is 0 Å². The Morgan fingerprint density at radius 1 is 1.07 bits per heavy atom. The second-order valence-electron chi connectivity index (χ2n) is 10.6. The molecule has 0 unspecified atom stereocenters. The number of halogens is 5. The molecule has 3 rings (SSSR count). The van der Waals surface area contributed by atoms with Crippen molar-refractivity contribution in [1.29, 1.82) is 0 Å². The molecule has 0 bridgehead atoms. The molecule has 0 aliphatic carbocycles. The molecule has 1 fully saturated rings. The first-order chi connectivity index (χ1) is 19.5. The Hall–Kier alpha value is -3.90. The summed E-state index contributed by atoms with van der Waals surface area (Å²) >= 11 is 5.90. The summed E-state index contributed by atoms with van der Waals surface area (Å²) in [6, 6.07) is 9.68. The molecular formula is C29H31ClF4N4O4. The molecular weight excluding hydrogens is 580 g/mol. The second kappa shape index (κ2) is 13.4. The monoisotopic (exact) mass is 610 g/mol. The molecule has 1 heterocycles. The largest absolute Gasteiger partial charge is 0.471 e. The van der Waals surface area contributed by atoms with Crippen molar-refractivity contribution in [3.05, 3.63) is 82.9 Å². The summed E-state index contributed by atoms with van der Waals surface area (Å²) in [7, 11) is 1.47. The lowest BCUT2D eigenvalue weighted by molar-refractivity contribution is -0.167. The van der Waals surface area contributed by atoms with Crippen LogP contribution in [0, 0.1) is 5.82 Å². The van der Waals surface area contributed by atoms with Crippen LogP contribution in [0.15, 0.2) is 60.9 Å². The maximum Gasteiger partial charge on any atom is 0.471 e. The highest BCUT2D eigenvalue weighted by Gasteiger charge is 2.39. The van der Waals surface area contributed by atoms with E-state index >= 15 is 0 Å². The van der Waals surface area contributed by atoms with Gasteiger partial charge in [-0.05, 0) is 62.2 Å². The van der Waals surface area contributed by atoms with Gasteiger partial charge in [-0.3, -0.25) is 19.4 Å². The quantitative estimate of drug-likeness (QED) is 0.291. The van der Waals surface area contributed by atoms with Crippen LogP contribution in [0.3, 0.4) is 0 Å². The average Bonchev–Trinajstić information content (AvgIpc) is 2.85. The molecule has 0 radical (unpaired) electrons. The van der Waals surface area contributed by atoms with Crippen molar-refractivity contribution >= 4 is 41.3 Å². The molecule has 1 saturated heterocycles. The lowest BCUT2D eigenvalue weighted by atomic mass is 10.1. The number of nitrogens with one attached hydrogen (secondary N) is 1. The lowest BCUT2D eigenvalue weighted by Crippen LogP contribution is -2.58. The zero-order valence-electron chi connectivity index (χ0n) is 23.4. The molecule has 42 heavy (non-hydrogen) atoms. The predicted molar refractivity (Wildman–Crippen MR) is 151 cm³/mol. The van der Waals surface area contributed by atoms with Crippen molar-refractivity contribution in [2.45, 2.75) is 45.1 Å². The number of amides is 3. The van der Waals surface area contributed by atoms with Crippen molar-refractivity contribution in [2.75, 3.05) is 25.5 Å². The van der Waals surface area contributed by atoms with E-state index in [1.807, 2.05) is 4.90 Å². The molecule has 1 aliphatic heterocycles. The minimum atomic E-state index is -5.12. The average molecular weight is 611 g/mol. The first-order valence-electron chi connectivity index (χ1n) is 12.8. The molecule has 2 aromatic rings. The Morgan fingerprint density at radius 2 is 1.71 bits per heavy atom. The topological polar surface area (TPSA) is 82.2 Å². The third-order valence-corrected chi connectivity index (χ3v) is 6.20. The smallest absolute Gasteiger partial charge is 0.443 e. The number of likely N-dealkylation sites (tertiary alicyclic amines) is 1. The number of carbonyl (C=O) groups excluding carboxylic acids is 3. The van der Waals surface area contributed by atoms with Gasteiger partial charge in [-0.1, -0.05) is 29.8 Å². The summed E-state index contributed by atoms with van der Waals surface area (Å²) in [5, 5.41) is 1.85. The van der Waals surface area contributed by atoms with Crippen LogP contribution < -0.4 is 5.32 Å². The number of ether oxygens (including phenoxy) is 1. The highest BCUT2D eigenvalue weighted by atomic mass is 35.5. The van der Waals surface area contributed by atoms with Gasteiger partial charge in [0.15, 0.2) is 0 Å². The Balaban J connectivity index is 1.79. The normalized spacial score (nSPS) is 14.6. The summed E-state index contributed by atoms with van der Waals surface area (Å²) in [6.07, 6.45) is -0.556. The number of hydrogen-bond acceptors (Lipinski definition) is 5. The maximum atomic E-state index is 13.3. The number of carbonyl (C=O) groups is 3. The predicted octanol–water partition coefficient (Wildman–Crippen LogP) is 6.04. The SMILES string of the molecule is CN(/C=C/N(C(=O)/C=C/c1ccc(Cl)cc1NC(=O)C(F)(F)F)C1CN(Cc2ccc(F)cc2)C1)C(=O)OC(C)(C)C. The molecule has 13 heteroatoms. The fraction of sp³-hybridized carbons (Fsp3) is 0.345. The highest BCUT2D eigenvalue weighted by molar-refractivity contribution is 6.31. The lowest BCUT2D eigenvalue weighted by Gasteiger charge is -2.44. The van der Waals surface area contributed by atoms with Gasteiger partial charge < -0.3 is 15.0 Å². The molecule has 3 amide bonds. The molecule has 0 aromatic heterocycles. The van der Waals surface area contributed by atoms with Crippen molar-refractivity contribution in [1.82, 2.24) is 14.7 Å². The number of anilines is 1. The zero-order chi connectivity index (χ0) is 31.2. The van der Waals surface area contributed by atoms with Crippen LogP contribution in [0.2, 0.25) is 5.02 Å². The second-order valence-corrected chi connectivity index (χ2v) is 11.1. The van der Waals surface area contributed by atoms with E-state index in [1.54, 1.807) is 38.2 Å². The van der Waals surface area contributed by atoms with Crippen LogP contribution in [0.4, 0.5) is 28.0 Å². The van der Waals surface area contributed by atoms with Gasteiger partial charge >= 0.3 is 18.2 Å². The molecule has 2 aromatic carbocycles. The minimum absolute atomic E-state index is 0.0846. The van der Waals surface area contributed by atoms with E-state index in [2.05, 4.69) is 0 Å². The Morgan fingerprint density at radius 3 is 2.31 bits per heavy atom. The first-order valence-corrected chi connectivity index (χ1v) is 13.2. The van der Waals surface area contributed by atoms with Crippen molar-refractivity contribution in [3.8, 4) is 0 Å². The molecule has 0 spiro atoms. The van der Waals surface area contributed by atoms with Crippen molar-refractivity contribution < 1.29 is 36.7 Å². The molecule has 0 saturated carbocycles. The number of rotatable bonds is 8. The van der Waals surface area contributed by atoms with Gasteiger partial charge in [0.25, 0.3) is 5.91 Å². The molecule has 226 valence electrons. The zero-order valence-corrected chi connectivity index (χ0v) is 24.2. The maximum absolute atomic E-state index is 13.3. The number of nitrogens with zero attached hydrogens (tertiary/aromatic N) is 3. The third kappa shape index (κ3) is 9.59. The standard InChI is InChI=1S/C29H31ClF4N4O4/c1-28(2,3)42-27(41)36(4)13-14-38(23-17-37(18-23)16-19-5-10-22(31)11-6-19)25(39)12-8-20-7-9-21(30)15-24(20)35-26(40)29(32,33)34/h5-15,23H,16-18H2,1-4H3,(H,35,40)/b12-8+,14-13+. The molecule has 1 aliphatic rings. The van der Waals surface area contributed by atoms with Gasteiger partial charge in [0.1, 0.15) is 11.4 Å². The Bertz CT molecular complexity index is 1350. The van der Waals surface area contributed by atoms with Gasteiger partial charge in [0, 0.05) is 55.9 Å². The van der Waals surface area contributed by atoms with Crippen LogP contribution >= 0.6 is 11.6 Å². The van der Waals surface area contributed by atoms with E-state index in [1.165, 1.54) is 59.6 Å². The van der Waals surface area contributed by atoms with Crippen LogP contribution in [0.5, 0.6) is 0 Å². The van der Waals surface area contributed by atoms with Crippen LogP contribution in [0.1, 0.15) is 31.9 Å². The summed E-state index contributed by atoms with van der Waals surface area (Å²) in [5.41, 5.74) is 0.0507. The molecule has 1 N–H and O–H groups in total. The summed E-state index contributed by atoms with van der Waals surface area (Å²) in [4.78, 5) is 41.8. The van der Waals surface area contributed by atoms with E-state index in [0.29, 0.717) is 19.6 Å². The summed E-state index contributed by atoms with van der Waals surface area (Å²) in [5.74, 6) is -3.06. The highest BCUT2D eigenvalue weighted by Crippen LogP contribution is 2.26. The molecule has 0 atom stereocenters. The van der Waals surface area contributed by atoms with Gasteiger partial charge in [-0.15, -0.1) is 0 Å². The van der Waals surface area contributed by atoms with Crippen LogP contribution in [-0.2, 0) is 20.9 Å². The summed E-state index contributed by atoms with van der Waals surface area (Å²) < 4.78 is 57.0. The Labute approximate surface area is 246 Å². The summed E-state index contributed by atoms with van der Waals surface area (Å²) in [6.45, 7) is 6.61. The van der Waals surface area contributed by atoms with E-state index in [9.17, 15) is 31.9 Å².